The number of nitrogens with zero attached hydrogens (tertiary/aromatic N) is 4. The summed E-state index contributed by atoms with van der Waals surface area (Å²) in [5.74, 6) is 0.445. The number of halogens is 1. The molecule has 0 bridgehead atoms. The van der Waals surface area contributed by atoms with Gasteiger partial charge in [0.15, 0.2) is 11.5 Å². The van der Waals surface area contributed by atoms with Crippen molar-refractivity contribution < 1.29 is 0 Å². The molecule has 0 aliphatic rings. The molecular formula is C13H10ClN5. The fraction of sp³-hybridized carbons (Fsp3) is 0. The third-order valence-electron chi connectivity index (χ3n) is 2.68. The highest BCUT2D eigenvalue weighted by Gasteiger charge is 2.13. The van der Waals surface area contributed by atoms with Gasteiger partial charge in [-0.25, -0.2) is 0 Å². The summed E-state index contributed by atoms with van der Waals surface area (Å²) in [6.45, 7) is 0. The molecule has 0 unspecified atom stereocenters. The molecule has 0 aliphatic carbocycles. The number of rotatable bonds is 2. The topological polar surface area (TPSA) is 69.6 Å². The van der Waals surface area contributed by atoms with Crippen molar-refractivity contribution in [3.8, 4) is 17.1 Å². The van der Waals surface area contributed by atoms with E-state index < -0.39 is 0 Å². The molecule has 0 amide bonds. The van der Waals surface area contributed by atoms with Gasteiger partial charge in [0, 0.05) is 11.2 Å². The lowest BCUT2D eigenvalue weighted by Gasteiger charge is -2.03. The van der Waals surface area contributed by atoms with E-state index in [0.717, 1.165) is 5.69 Å². The van der Waals surface area contributed by atoms with E-state index in [1.54, 1.807) is 23.0 Å². The number of aromatic nitrogens is 4. The Labute approximate surface area is 114 Å². The van der Waals surface area contributed by atoms with Crippen LogP contribution in [0.2, 0.25) is 5.02 Å². The summed E-state index contributed by atoms with van der Waals surface area (Å²) in [6.07, 6.45) is 1.69. The van der Waals surface area contributed by atoms with Crippen LogP contribution in [-0.2, 0) is 0 Å². The summed E-state index contributed by atoms with van der Waals surface area (Å²) in [5.41, 5.74) is 8.13. The first-order valence-corrected chi connectivity index (χ1v) is 6.02. The van der Waals surface area contributed by atoms with Gasteiger partial charge in [-0.05, 0) is 36.4 Å². The normalized spacial score (nSPS) is 10.6. The zero-order chi connectivity index (χ0) is 13.2. The highest BCUT2D eigenvalue weighted by molar-refractivity contribution is 6.30. The van der Waals surface area contributed by atoms with Gasteiger partial charge < -0.3 is 5.73 Å². The molecule has 6 heteroatoms. The molecule has 0 aliphatic heterocycles. The van der Waals surface area contributed by atoms with Gasteiger partial charge in [0.05, 0.1) is 11.4 Å². The van der Waals surface area contributed by atoms with Crippen molar-refractivity contribution >= 4 is 17.4 Å². The lowest BCUT2D eigenvalue weighted by atomic mass is 10.2. The van der Waals surface area contributed by atoms with E-state index in [9.17, 15) is 0 Å². The lowest BCUT2D eigenvalue weighted by Crippen LogP contribution is -2.02. The smallest absolute Gasteiger partial charge is 0.157 e. The molecule has 2 heterocycles. The Morgan fingerprint density at radius 2 is 1.84 bits per heavy atom. The van der Waals surface area contributed by atoms with E-state index in [4.69, 9.17) is 17.3 Å². The Balaban J connectivity index is 2.06. The number of benzene rings is 1. The largest absolute Gasteiger partial charge is 0.382 e. The number of anilines is 1. The third-order valence-corrected chi connectivity index (χ3v) is 2.94. The Morgan fingerprint density at radius 1 is 1.05 bits per heavy atom. The maximum absolute atomic E-state index is 6.07. The second-order valence-electron chi connectivity index (χ2n) is 3.93. The maximum Gasteiger partial charge on any atom is 0.157 e. The van der Waals surface area contributed by atoms with Crippen LogP contribution in [-0.4, -0.2) is 20.0 Å². The van der Waals surface area contributed by atoms with E-state index in [2.05, 4.69) is 15.3 Å². The van der Waals surface area contributed by atoms with Gasteiger partial charge in [-0.1, -0.05) is 22.9 Å². The molecule has 1 aromatic carbocycles. The van der Waals surface area contributed by atoms with Crippen molar-refractivity contribution in [3.05, 3.63) is 53.7 Å². The molecular weight excluding hydrogens is 262 g/mol. The quantitative estimate of drug-likeness (QED) is 0.778. The molecule has 0 saturated heterocycles. The third kappa shape index (κ3) is 2.15. The van der Waals surface area contributed by atoms with Crippen LogP contribution in [0.15, 0.2) is 48.7 Å². The molecule has 19 heavy (non-hydrogen) atoms. The van der Waals surface area contributed by atoms with E-state index >= 15 is 0 Å². The zero-order valence-corrected chi connectivity index (χ0v) is 10.6. The summed E-state index contributed by atoms with van der Waals surface area (Å²) in [4.78, 5) is 4.21. The highest BCUT2D eigenvalue weighted by atomic mass is 35.5. The maximum atomic E-state index is 6.07. The Kier molecular flexibility index (Phi) is 2.89. The van der Waals surface area contributed by atoms with Crippen LogP contribution in [0, 0.1) is 0 Å². The first kappa shape index (κ1) is 11.7. The van der Waals surface area contributed by atoms with E-state index in [1.807, 2.05) is 30.3 Å². The van der Waals surface area contributed by atoms with Crippen LogP contribution in [0.3, 0.4) is 0 Å². The van der Waals surface area contributed by atoms with Gasteiger partial charge >= 0.3 is 0 Å². The minimum atomic E-state index is 0.445. The molecule has 0 saturated carbocycles. The average molecular weight is 272 g/mol. The van der Waals surface area contributed by atoms with Gasteiger partial charge in [-0.2, -0.15) is 4.68 Å². The Hall–Kier alpha value is -2.40. The van der Waals surface area contributed by atoms with E-state index in [-0.39, 0.29) is 0 Å². The molecule has 0 spiro atoms. The molecule has 2 N–H and O–H groups in total. The summed E-state index contributed by atoms with van der Waals surface area (Å²) in [6, 6.07) is 12.8. The van der Waals surface area contributed by atoms with Crippen LogP contribution in [0.25, 0.3) is 17.1 Å². The van der Waals surface area contributed by atoms with Crippen molar-refractivity contribution in [2.75, 3.05) is 5.73 Å². The van der Waals surface area contributed by atoms with E-state index in [0.29, 0.717) is 22.2 Å². The van der Waals surface area contributed by atoms with E-state index in [1.165, 1.54) is 0 Å². The van der Waals surface area contributed by atoms with Crippen LogP contribution in [0.1, 0.15) is 0 Å². The number of hydrogen-bond acceptors (Lipinski definition) is 4. The summed E-state index contributed by atoms with van der Waals surface area (Å²) in [7, 11) is 0. The molecule has 0 radical (unpaired) electrons. The molecule has 3 rings (SSSR count). The van der Waals surface area contributed by atoms with Crippen molar-refractivity contribution in [1.82, 2.24) is 20.0 Å². The minimum absolute atomic E-state index is 0.445. The Morgan fingerprint density at radius 3 is 2.53 bits per heavy atom. The van der Waals surface area contributed by atoms with Gasteiger partial charge in [-0.3, -0.25) is 4.98 Å². The first-order chi connectivity index (χ1) is 9.25. The van der Waals surface area contributed by atoms with Gasteiger partial charge in [0.1, 0.15) is 0 Å². The first-order valence-electron chi connectivity index (χ1n) is 5.64. The monoisotopic (exact) mass is 271 g/mol. The predicted molar refractivity (Wildman–Crippen MR) is 74.0 cm³/mol. The standard InChI is InChI=1S/C13H10ClN5/c14-9-4-6-10(7-5-9)19-13(15)12(17-18-19)11-3-1-2-8-16-11/h1-8H,15H2. The highest BCUT2D eigenvalue weighted by Crippen LogP contribution is 2.23. The molecule has 5 nitrogen and oxygen atoms in total. The lowest BCUT2D eigenvalue weighted by molar-refractivity contribution is 0.810. The average Bonchev–Trinajstić information content (AvgIpc) is 2.83. The second-order valence-corrected chi connectivity index (χ2v) is 4.36. The van der Waals surface area contributed by atoms with Gasteiger partial charge in [0.2, 0.25) is 0 Å². The molecule has 0 atom stereocenters. The zero-order valence-electron chi connectivity index (χ0n) is 9.86. The van der Waals surface area contributed by atoms with Crippen LogP contribution in [0.5, 0.6) is 0 Å². The fourth-order valence-corrected chi connectivity index (χ4v) is 1.87. The number of nitrogens with two attached hydrogens (primary N) is 1. The minimum Gasteiger partial charge on any atom is -0.382 e. The number of hydrogen-bond donors (Lipinski definition) is 1. The van der Waals surface area contributed by atoms with Crippen molar-refractivity contribution in [2.24, 2.45) is 0 Å². The van der Waals surface area contributed by atoms with Crippen LogP contribution < -0.4 is 5.73 Å². The molecule has 3 aromatic rings. The van der Waals surface area contributed by atoms with Crippen molar-refractivity contribution in [2.45, 2.75) is 0 Å². The van der Waals surface area contributed by atoms with Crippen LogP contribution >= 0.6 is 11.6 Å². The number of pyridine rings is 1. The second kappa shape index (κ2) is 4.70. The predicted octanol–water partition coefficient (Wildman–Crippen LogP) is 2.56. The summed E-state index contributed by atoms with van der Waals surface area (Å²) in [5, 5.41) is 8.79. The van der Waals surface area contributed by atoms with Crippen molar-refractivity contribution in [3.63, 3.8) is 0 Å². The number of nitrogen functional groups attached to an aromatic ring is 1. The summed E-state index contributed by atoms with van der Waals surface area (Å²) < 4.78 is 1.56. The fourth-order valence-electron chi connectivity index (χ4n) is 1.75. The SMILES string of the molecule is Nc1c(-c2ccccn2)nnn1-c1ccc(Cl)cc1. The van der Waals surface area contributed by atoms with Crippen LogP contribution in [0.4, 0.5) is 5.82 Å². The van der Waals surface area contributed by atoms with Crippen molar-refractivity contribution in [1.29, 1.82) is 0 Å². The van der Waals surface area contributed by atoms with Gasteiger partial charge in [-0.15, -0.1) is 5.10 Å². The summed E-state index contributed by atoms with van der Waals surface area (Å²) >= 11 is 5.85. The Bertz CT molecular complexity index is 691. The molecule has 2 aromatic heterocycles. The molecule has 94 valence electrons. The van der Waals surface area contributed by atoms with Gasteiger partial charge in [0.25, 0.3) is 0 Å². The molecule has 0 fully saturated rings.